The molecule has 1 heteroatoms. The predicted molar refractivity (Wildman–Crippen MR) is 71.9 cm³/mol. The molecule has 0 aliphatic carbocycles. The second-order valence-electron chi connectivity index (χ2n) is 4.66. The lowest BCUT2D eigenvalue weighted by atomic mass is 9.90. The fourth-order valence-electron chi connectivity index (χ4n) is 2.14. The number of hydrogen-bond donors (Lipinski definition) is 1. The lowest BCUT2D eigenvalue weighted by Crippen LogP contribution is -2.06. The van der Waals surface area contributed by atoms with E-state index in [0.29, 0.717) is 11.8 Å². The van der Waals surface area contributed by atoms with E-state index in [4.69, 9.17) is 5.73 Å². The summed E-state index contributed by atoms with van der Waals surface area (Å²) in [5.41, 5.74) is 8.54. The van der Waals surface area contributed by atoms with Gasteiger partial charge < -0.3 is 5.73 Å². The van der Waals surface area contributed by atoms with Crippen LogP contribution < -0.4 is 5.73 Å². The summed E-state index contributed by atoms with van der Waals surface area (Å²) in [7, 11) is 0. The largest absolute Gasteiger partial charge is 0.330 e. The maximum absolute atomic E-state index is 5.64. The Balaban J connectivity index is 2.76. The molecule has 2 N–H and O–H groups in total. The van der Waals surface area contributed by atoms with E-state index in [1.165, 1.54) is 24.0 Å². The van der Waals surface area contributed by atoms with E-state index >= 15 is 0 Å². The Labute approximate surface area is 100 Å². The van der Waals surface area contributed by atoms with Crippen LogP contribution in [0, 0.1) is 0 Å². The minimum atomic E-state index is 0.635. The molecule has 0 amide bonds. The van der Waals surface area contributed by atoms with Crippen LogP contribution in [-0.4, -0.2) is 6.54 Å². The summed E-state index contributed by atoms with van der Waals surface area (Å²) in [6, 6.07) is 9.13. The van der Waals surface area contributed by atoms with Gasteiger partial charge in [-0.3, -0.25) is 0 Å². The van der Waals surface area contributed by atoms with Crippen molar-refractivity contribution in [3.8, 4) is 0 Å². The van der Waals surface area contributed by atoms with Crippen molar-refractivity contribution in [2.24, 2.45) is 5.73 Å². The third kappa shape index (κ3) is 3.34. The van der Waals surface area contributed by atoms with Crippen molar-refractivity contribution >= 4 is 0 Å². The molecule has 0 aromatic heterocycles. The van der Waals surface area contributed by atoms with Crippen LogP contribution >= 0.6 is 0 Å². The first-order valence-electron chi connectivity index (χ1n) is 6.52. The number of hydrogen-bond acceptors (Lipinski definition) is 1. The van der Waals surface area contributed by atoms with E-state index in [0.717, 1.165) is 13.0 Å². The molecule has 0 bridgehead atoms. The summed E-state index contributed by atoms with van der Waals surface area (Å²) in [5, 5.41) is 0. The van der Waals surface area contributed by atoms with Crippen molar-refractivity contribution < 1.29 is 0 Å². The molecule has 1 aromatic rings. The molecule has 16 heavy (non-hydrogen) atoms. The van der Waals surface area contributed by atoms with E-state index in [-0.39, 0.29) is 0 Å². The summed E-state index contributed by atoms with van der Waals surface area (Å²) in [4.78, 5) is 0. The first-order chi connectivity index (χ1) is 7.72. The van der Waals surface area contributed by atoms with E-state index < -0.39 is 0 Å². The smallest absolute Gasteiger partial charge is 0.00714 e. The maximum atomic E-state index is 5.64. The molecule has 0 spiro atoms. The second-order valence-corrected chi connectivity index (χ2v) is 4.66. The lowest BCUT2D eigenvalue weighted by molar-refractivity contribution is 0.613. The van der Waals surface area contributed by atoms with Crippen LogP contribution in [0.3, 0.4) is 0 Å². The molecule has 1 aromatic carbocycles. The van der Waals surface area contributed by atoms with Crippen LogP contribution in [0.15, 0.2) is 24.3 Å². The van der Waals surface area contributed by atoms with E-state index in [1.54, 1.807) is 0 Å². The topological polar surface area (TPSA) is 26.0 Å². The Morgan fingerprint density at radius 2 is 1.56 bits per heavy atom. The highest BCUT2D eigenvalue weighted by Crippen LogP contribution is 2.25. The molecule has 0 fully saturated rings. The van der Waals surface area contributed by atoms with Crippen LogP contribution in [-0.2, 0) is 0 Å². The molecule has 90 valence electrons. The summed E-state index contributed by atoms with van der Waals surface area (Å²) >= 11 is 0. The zero-order valence-electron chi connectivity index (χ0n) is 10.9. The lowest BCUT2D eigenvalue weighted by Gasteiger charge is -2.16. The van der Waals surface area contributed by atoms with Gasteiger partial charge in [-0.05, 0) is 48.8 Å². The van der Waals surface area contributed by atoms with Gasteiger partial charge in [0, 0.05) is 0 Å². The van der Waals surface area contributed by atoms with Crippen molar-refractivity contribution in [2.45, 2.75) is 51.9 Å². The van der Waals surface area contributed by atoms with Gasteiger partial charge in [0.2, 0.25) is 0 Å². The molecule has 0 radical (unpaired) electrons. The molecule has 1 nitrogen and oxygen atoms in total. The van der Waals surface area contributed by atoms with Gasteiger partial charge in [-0.25, -0.2) is 0 Å². The van der Waals surface area contributed by atoms with Crippen LogP contribution in [0.1, 0.15) is 63.0 Å². The van der Waals surface area contributed by atoms with Gasteiger partial charge in [0.25, 0.3) is 0 Å². The standard InChI is InChI=1S/C15H25N/c1-4-12(3)14-6-8-15(9-7-14)13(5-2)10-11-16/h6-9,12-13H,4-5,10-11,16H2,1-3H3. The zero-order chi connectivity index (χ0) is 12.0. The Bertz CT molecular complexity index is 289. The quantitative estimate of drug-likeness (QED) is 0.767. The Kier molecular flexibility index (Phi) is 5.54. The van der Waals surface area contributed by atoms with Gasteiger partial charge >= 0.3 is 0 Å². The van der Waals surface area contributed by atoms with Crippen molar-refractivity contribution in [3.63, 3.8) is 0 Å². The second kappa shape index (κ2) is 6.70. The van der Waals surface area contributed by atoms with Gasteiger partial charge in [-0.15, -0.1) is 0 Å². The van der Waals surface area contributed by atoms with Gasteiger partial charge in [0.1, 0.15) is 0 Å². The van der Waals surface area contributed by atoms with Crippen molar-refractivity contribution in [2.75, 3.05) is 6.54 Å². The van der Waals surface area contributed by atoms with E-state index in [1.807, 2.05) is 0 Å². The van der Waals surface area contributed by atoms with Gasteiger partial charge in [0.15, 0.2) is 0 Å². The molecule has 0 heterocycles. The fourth-order valence-corrected chi connectivity index (χ4v) is 2.14. The maximum Gasteiger partial charge on any atom is -0.00714 e. The van der Waals surface area contributed by atoms with Gasteiger partial charge in [-0.2, -0.15) is 0 Å². The Morgan fingerprint density at radius 1 is 1.00 bits per heavy atom. The number of nitrogens with two attached hydrogens (primary N) is 1. The monoisotopic (exact) mass is 219 g/mol. The molecule has 0 saturated carbocycles. The Hall–Kier alpha value is -0.820. The summed E-state index contributed by atoms with van der Waals surface area (Å²) in [5.74, 6) is 1.31. The highest BCUT2D eigenvalue weighted by atomic mass is 14.5. The molecular formula is C15H25N. The summed E-state index contributed by atoms with van der Waals surface area (Å²) < 4.78 is 0. The summed E-state index contributed by atoms with van der Waals surface area (Å²) in [6.07, 6.45) is 3.48. The highest BCUT2D eigenvalue weighted by Gasteiger charge is 2.09. The Morgan fingerprint density at radius 3 is 2.00 bits per heavy atom. The first-order valence-corrected chi connectivity index (χ1v) is 6.52. The van der Waals surface area contributed by atoms with Crippen LogP contribution in [0.25, 0.3) is 0 Å². The molecule has 2 unspecified atom stereocenters. The van der Waals surface area contributed by atoms with Crippen LogP contribution in [0.5, 0.6) is 0 Å². The van der Waals surface area contributed by atoms with Crippen LogP contribution in [0.2, 0.25) is 0 Å². The number of rotatable bonds is 6. The normalized spacial score (nSPS) is 14.8. The minimum Gasteiger partial charge on any atom is -0.330 e. The van der Waals surface area contributed by atoms with Crippen molar-refractivity contribution in [3.05, 3.63) is 35.4 Å². The van der Waals surface area contributed by atoms with E-state index in [2.05, 4.69) is 45.0 Å². The minimum absolute atomic E-state index is 0.635. The third-order valence-electron chi connectivity index (χ3n) is 3.60. The van der Waals surface area contributed by atoms with Crippen LogP contribution in [0.4, 0.5) is 0 Å². The van der Waals surface area contributed by atoms with Crippen molar-refractivity contribution in [1.29, 1.82) is 0 Å². The zero-order valence-corrected chi connectivity index (χ0v) is 10.9. The fraction of sp³-hybridized carbons (Fsp3) is 0.600. The molecule has 0 aliphatic heterocycles. The molecule has 1 rings (SSSR count). The summed E-state index contributed by atoms with van der Waals surface area (Å²) in [6.45, 7) is 7.54. The van der Waals surface area contributed by atoms with Gasteiger partial charge in [0.05, 0.1) is 0 Å². The third-order valence-corrected chi connectivity index (χ3v) is 3.60. The SMILES string of the molecule is CCC(C)c1ccc(C(CC)CCN)cc1. The highest BCUT2D eigenvalue weighted by molar-refractivity contribution is 5.27. The van der Waals surface area contributed by atoms with Crippen molar-refractivity contribution in [1.82, 2.24) is 0 Å². The molecule has 0 aliphatic rings. The predicted octanol–water partition coefficient (Wildman–Crippen LogP) is 4.04. The average Bonchev–Trinajstić information content (AvgIpc) is 2.35. The van der Waals surface area contributed by atoms with E-state index in [9.17, 15) is 0 Å². The average molecular weight is 219 g/mol. The van der Waals surface area contributed by atoms with Gasteiger partial charge in [-0.1, -0.05) is 45.0 Å². The molecule has 0 saturated heterocycles. The number of benzene rings is 1. The molecular weight excluding hydrogens is 194 g/mol. The first kappa shape index (κ1) is 13.2. The molecule has 2 atom stereocenters.